The summed E-state index contributed by atoms with van der Waals surface area (Å²) in [5.74, 6) is 0. The summed E-state index contributed by atoms with van der Waals surface area (Å²) < 4.78 is 25.5. The molecule has 0 N–H and O–H groups in total. The van der Waals surface area contributed by atoms with Crippen LogP contribution in [0.2, 0.25) is 0 Å². The second-order valence-corrected chi connectivity index (χ2v) is 5.18. The van der Waals surface area contributed by atoms with Gasteiger partial charge >= 0.3 is 0 Å². The second-order valence-electron chi connectivity index (χ2n) is 3.41. The molecule has 0 atom stereocenters. The number of hydrazone groups is 1. The first kappa shape index (κ1) is 12.3. The van der Waals surface area contributed by atoms with E-state index in [0.29, 0.717) is 5.69 Å². The predicted molar refractivity (Wildman–Crippen MR) is 69.9 cm³/mol. The molecule has 2 rings (SSSR count). The number of rotatable bonds is 4. The van der Waals surface area contributed by atoms with Gasteiger partial charge in [-0.3, -0.25) is 4.98 Å². The van der Waals surface area contributed by atoms with Crippen molar-refractivity contribution in [2.45, 2.75) is 4.90 Å². The lowest BCUT2D eigenvalue weighted by molar-refractivity contribution is 0.592. The van der Waals surface area contributed by atoms with E-state index >= 15 is 0 Å². The zero-order chi connectivity index (χ0) is 13.0. The molecule has 5 nitrogen and oxygen atoms in total. The van der Waals surface area contributed by atoms with Crippen LogP contribution in [-0.2, 0) is 10.0 Å². The van der Waals surface area contributed by atoms with E-state index in [9.17, 15) is 8.42 Å². The number of hydrogen-bond acceptors (Lipinski definition) is 4. The highest BCUT2D eigenvalue weighted by Crippen LogP contribution is 2.22. The third kappa shape index (κ3) is 2.23. The summed E-state index contributed by atoms with van der Waals surface area (Å²) in [6.07, 6.45) is 2.97. The highest BCUT2D eigenvalue weighted by molar-refractivity contribution is 7.92. The minimum absolute atomic E-state index is 0.154. The molecule has 6 heteroatoms. The van der Waals surface area contributed by atoms with Crippen molar-refractivity contribution in [1.82, 2.24) is 4.98 Å². The van der Waals surface area contributed by atoms with Gasteiger partial charge in [0.1, 0.15) is 0 Å². The summed E-state index contributed by atoms with van der Waals surface area (Å²) in [5, 5.41) is 3.56. The molecule has 0 bridgehead atoms. The van der Waals surface area contributed by atoms with Gasteiger partial charge in [0, 0.05) is 12.9 Å². The molecule has 0 aliphatic heterocycles. The van der Waals surface area contributed by atoms with Gasteiger partial charge in [0.25, 0.3) is 10.0 Å². The highest BCUT2D eigenvalue weighted by Gasteiger charge is 2.23. The van der Waals surface area contributed by atoms with Crippen molar-refractivity contribution in [2.24, 2.45) is 5.10 Å². The number of sulfonamides is 1. The Labute approximate surface area is 105 Å². The van der Waals surface area contributed by atoms with Crippen LogP contribution < -0.4 is 4.41 Å². The summed E-state index contributed by atoms with van der Waals surface area (Å²) in [5.41, 5.74) is 0.344. The number of anilines is 1. The van der Waals surface area contributed by atoms with Crippen LogP contribution in [0, 0.1) is 0 Å². The van der Waals surface area contributed by atoms with E-state index < -0.39 is 10.0 Å². The number of benzene rings is 1. The van der Waals surface area contributed by atoms with Gasteiger partial charge in [-0.1, -0.05) is 18.2 Å². The molecule has 0 aliphatic carbocycles. The minimum Gasteiger partial charge on any atom is -0.262 e. The smallest absolute Gasteiger partial charge is 0.262 e. The fourth-order valence-electron chi connectivity index (χ4n) is 1.46. The average Bonchev–Trinajstić information content (AvgIpc) is 2.41. The largest absolute Gasteiger partial charge is 0.283 e. The maximum absolute atomic E-state index is 12.3. The van der Waals surface area contributed by atoms with Crippen molar-refractivity contribution in [3.05, 3.63) is 54.9 Å². The Morgan fingerprint density at radius 2 is 1.83 bits per heavy atom. The van der Waals surface area contributed by atoms with Crippen LogP contribution in [0.1, 0.15) is 0 Å². The lowest BCUT2D eigenvalue weighted by Gasteiger charge is -2.17. The lowest BCUT2D eigenvalue weighted by atomic mass is 10.4. The Balaban J connectivity index is 2.49. The van der Waals surface area contributed by atoms with Crippen molar-refractivity contribution >= 4 is 22.4 Å². The summed E-state index contributed by atoms with van der Waals surface area (Å²) >= 11 is 0. The molecule has 92 valence electrons. The maximum atomic E-state index is 12.3. The minimum atomic E-state index is -3.74. The molecule has 0 fully saturated rings. The van der Waals surface area contributed by atoms with E-state index in [4.69, 9.17) is 0 Å². The van der Waals surface area contributed by atoms with Gasteiger partial charge in [-0.05, 0) is 24.3 Å². The van der Waals surface area contributed by atoms with Crippen LogP contribution in [0.4, 0.5) is 5.69 Å². The molecule has 1 heterocycles. The lowest BCUT2D eigenvalue weighted by Crippen LogP contribution is -2.25. The van der Waals surface area contributed by atoms with Gasteiger partial charge in [-0.25, -0.2) is 0 Å². The van der Waals surface area contributed by atoms with Crippen molar-refractivity contribution in [3.63, 3.8) is 0 Å². The molecule has 18 heavy (non-hydrogen) atoms. The summed E-state index contributed by atoms with van der Waals surface area (Å²) in [6, 6.07) is 11.3. The van der Waals surface area contributed by atoms with E-state index in [1.807, 2.05) is 0 Å². The van der Waals surface area contributed by atoms with E-state index in [-0.39, 0.29) is 4.90 Å². The quantitative estimate of drug-likeness (QED) is 0.623. The molecular formula is C12H11N3O2S. The molecule has 0 unspecified atom stereocenters. The van der Waals surface area contributed by atoms with E-state index in [0.717, 1.165) is 4.41 Å². The van der Waals surface area contributed by atoms with Crippen LogP contribution in [-0.4, -0.2) is 20.1 Å². The van der Waals surface area contributed by atoms with E-state index in [1.165, 1.54) is 18.3 Å². The summed E-state index contributed by atoms with van der Waals surface area (Å²) in [6.45, 7) is 3.30. The number of hydrogen-bond donors (Lipinski definition) is 0. The van der Waals surface area contributed by atoms with Crippen LogP contribution in [0.15, 0.2) is 64.9 Å². The predicted octanol–water partition coefficient (Wildman–Crippen LogP) is 1.89. The zero-order valence-electron chi connectivity index (χ0n) is 9.47. The van der Waals surface area contributed by atoms with Crippen molar-refractivity contribution < 1.29 is 8.42 Å². The molecule has 1 aromatic heterocycles. The standard InChI is InChI=1S/C12H11N3O2S/c1-13-15(11-6-5-9-14-10-11)18(16,17)12-7-3-2-4-8-12/h2-10H,1H2. The third-order valence-electron chi connectivity index (χ3n) is 2.26. The molecule has 0 spiro atoms. The van der Waals surface area contributed by atoms with Gasteiger partial charge in [-0.15, -0.1) is 0 Å². The van der Waals surface area contributed by atoms with Crippen LogP contribution in [0.3, 0.4) is 0 Å². The second kappa shape index (κ2) is 4.97. The Morgan fingerprint density at radius 1 is 1.11 bits per heavy atom. The van der Waals surface area contributed by atoms with Crippen molar-refractivity contribution in [1.29, 1.82) is 0 Å². The van der Waals surface area contributed by atoms with Crippen molar-refractivity contribution in [3.8, 4) is 0 Å². The molecular weight excluding hydrogens is 250 g/mol. The normalized spacial score (nSPS) is 10.9. The monoisotopic (exact) mass is 261 g/mol. The van der Waals surface area contributed by atoms with Gasteiger partial charge in [0.2, 0.25) is 0 Å². The Morgan fingerprint density at radius 3 is 2.39 bits per heavy atom. The van der Waals surface area contributed by atoms with Gasteiger partial charge < -0.3 is 0 Å². The number of aromatic nitrogens is 1. The van der Waals surface area contributed by atoms with Crippen LogP contribution in [0.5, 0.6) is 0 Å². The Hall–Kier alpha value is -2.21. The molecule has 0 amide bonds. The molecule has 0 radical (unpaired) electrons. The first-order valence-corrected chi connectivity index (χ1v) is 6.57. The Kier molecular flexibility index (Phi) is 3.38. The zero-order valence-corrected chi connectivity index (χ0v) is 10.3. The van der Waals surface area contributed by atoms with Gasteiger partial charge in [0.05, 0.1) is 16.8 Å². The van der Waals surface area contributed by atoms with E-state index in [1.54, 1.807) is 36.5 Å². The van der Waals surface area contributed by atoms with Gasteiger partial charge in [-0.2, -0.15) is 17.9 Å². The third-order valence-corrected chi connectivity index (χ3v) is 3.91. The summed E-state index contributed by atoms with van der Waals surface area (Å²) in [7, 11) is -3.74. The fourth-order valence-corrected chi connectivity index (χ4v) is 2.69. The van der Waals surface area contributed by atoms with Crippen LogP contribution in [0.25, 0.3) is 0 Å². The molecule has 2 aromatic rings. The summed E-state index contributed by atoms with van der Waals surface area (Å²) in [4.78, 5) is 4.02. The Bertz CT molecular complexity index is 627. The number of pyridine rings is 1. The van der Waals surface area contributed by atoms with Crippen molar-refractivity contribution in [2.75, 3.05) is 4.41 Å². The van der Waals surface area contributed by atoms with Crippen LogP contribution >= 0.6 is 0 Å². The molecule has 0 saturated heterocycles. The van der Waals surface area contributed by atoms with Gasteiger partial charge in [0.15, 0.2) is 0 Å². The highest BCUT2D eigenvalue weighted by atomic mass is 32.2. The maximum Gasteiger partial charge on any atom is 0.283 e. The fraction of sp³-hybridized carbons (Fsp3) is 0. The first-order valence-electron chi connectivity index (χ1n) is 5.13. The molecule has 0 saturated carbocycles. The topological polar surface area (TPSA) is 62.6 Å². The van der Waals surface area contributed by atoms with E-state index in [2.05, 4.69) is 16.8 Å². The molecule has 0 aliphatic rings. The SMILES string of the molecule is C=NN(c1cccnc1)S(=O)(=O)c1ccccc1. The molecule has 1 aromatic carbocycles. The first-order chi connectivity index (χ1) is 8.66. The average molecular weight is 261 g/mol. The number of nitrogens with zero attached hydrogens (tertiary/aromatic N) is 3.